The Kier molecular flexibility index (Phi) is 3.09. The maximum atomic E-state index is 9.40. The molecule has 0 aliphatic heterocycles. The molecule has 0 saturated carbocycles. The summed E-state index contributed by atoms with van der Waals surface area (Å²) in [6.07, 6.45) is -0.0167. The van der Waals surface area contributed by atoms with Gasteiger partial charge in [0.25, 0.3) is 0 Å². The van der Waals surface area contributed by atoms with Crippen LogP contribution in [0.15, 0.2) is 24.3 Å². The second kappa shape index (κ2) is 4.11. The minimum absolute atomic E-state index is 0.0167. The van der Waals surface area contributed by atoms with E-state index in [0.29, 0.717) is 10.6 Å². The minimum Gasteiger partial charge on any atom is -0.364 e. The number of aliphatic hydroxyl groups is 1. The Morgan fingerprint density at radius 2 is 1.71 bits per heavy atom. The first-order chi connectivity index (χ1) is 6.59. The van der Waals surface area contributed by atoms with Gasteiger partial charge in [0.05, 0.1) is 0 Å². The lowest BCUT2D eigenvalue weighted by molar-refractivity contribution is 0.159. The van der Waals surface area contributed by atoms with Crippen LogP contribution in [0.25, 0.3) is 0 Å². The molecule has 0 atom stereocenters. The first-order valence-electron chi connectivity index (χ1n) is 3.89. The van der Waals surface area contributed by atoms with E-state index in [2.05, 4.69) is 0 Å². The van der Waals surface area contributed by atoms with E-state index in [9.17, 15) is 5.11 Å². The Hall–Kier alpha value is -1.55. The van der Waals surface area contributed by atoms with Gasteiger partial charge in [-0.15, -0.1) is 0 Å². The second-order valence-corrected chi connectivity index (χ2v) is 3.32. The summed E-state index contributed by atoms with van der Waals surface area (Å²) in [6, 6.07) is 9.73. The summed E-state index contributed by atoms with van der Waals surface area (Å²) in [5.74, 6) is 0. The predicted molar refractivity (Wildman–Crippen MR) is 51.3 cm³/mol. The molecular weight excluding hydrogens is 200 g/mol. The molecule has 0 bridgehead atoms. The zero-order valence-electron chi connectivity index (χ0n) is 7.24. The van der Waals surface area contributed by atoms with Crippen LogP contribution in [0.3, 0.4) is 0 Å². The Morgan fingerprint density at radius 1 is 1.21 bits per heavy atom. The Morgan fingerprint density at radius 3 is 2.14 bits per heavy atom. The van der Waals surface area contributed by atoms with Gasteiger partial charge < -0.3 is 5.11 Å². The highest BCUT2D eigenvalue weighted by molar-refractivity contribution is 6.30. The molecule has 1 aromatic carbocycles. The Labute approximate surface area is 86.8 Å². The SMILES string of the molecule is N#CC(O)(C#N)Cc1ccc(Cl)cc1. The van der Waals surface area contributed by atoms with Crippen LogP contribution in [-0.4, -0.2) is 10.7 Å². The van der Waals surface area contributed by atoms with E-state index in [1.165, 1.54) is 0 Å². The molecule has 0 radical (unpaired) electrons. The zero-order valence-corrected chi connectivity index (χ0v) is 7.99. The molecule has 0 heterocycles. The summed E-state index contributed by atoms with van der Waals surface area (Å²) in [7, 11) is 0. The predicted octanol–water partition coefficient (Wildman–Crippen LogP) is 1.66. The monoisotopic (exact) mass is 206 g/mol. The van der Waals surface area contributed by atoms with Crippen molar-refractivity contribution in [2.45, 2.75) is 12.0 Å². The maximum absolute atomic E-state index is 9.40. The lowest BCUT2D eigenvalue weighted by Gasteiger charge is -2.10. The van der Waals surface area contributed by atoms with Crippen LogP contribution in [0.4, 0.5) is 0 Å². The number of nitrogens with zero attached hydrogens (tertiary/aromatic N) is 2. The van der Waals surface area contributed by atoms with Crippen LogP contribution >= 0.6 is 11.6 Å². The van der Waals surface area contributed by atoms with Crippen molar-refractivity contribution < 1.29 is 5.11 Å². The first kappa shape index (κ1) is 10.5. The number of hydrogen-bond acceptors (Lipinski definition) is 3. The molecule has 3 nitrogen and oxygen atoms in total. The molecule has 0 spiro atoms. The molecule has 0 amide bonds. The third kappa shape index (κ3) is 2.47. The molecule has 0 fully saturated rings. The van der Waals surface area contributed by atoms with Crippen LogP contribution < -0.4 is 0 Å². The molecule has 1 rings (SSSR count). The van der Waals surface area contributed by atoms with Gasteiger partial charge in [-0.25, -0.2) is 0 Å². The Balaban J connectivity index is 2.86. The van der Waals surface area contributed by atoms with E-state index >= 15 is 0 Å². The van der Waals surface area contributed by atoms with Gasteiger partial charge in [0.15, 0.2) is 0 Å². The Bertz CT molecular complexity index is 386. The van der Waals surface area contributed by atoms with Crippen molar-refractivity contribution >= 4 is 11.6 Å². The topological polar surface area (TPSA) is 67.8 Å². The van der Waals surface area contributed by atoms with Crippen LogP contribution in [-0.2, 0) is 6.42 Å². The number of hydrogen-bond donors (Lipinski definition) is 1. The standard InChI is InChI=1S/C10H7ClN2O/c11-9-3-1-8(2-4-9)5-10(14,6-12)7-13/h1-4,14H,5H2. The smallest absolute Gasteiger partial charge is 0.242 e. The van der Waals surface area contributed by atoms with E-state index < -0.39 is 5.60 Å². The van der Waals surface area contributed by atoms with Gasteiger partial charge in [-0.1, -0.05) is 23.7 Å². The van der Waals surface area contributed by atoms with Gasteiger partial charge in [-0.05, 0) is 17.7 Å². The van der Waals surface area contributed by atoms with Crippen molar-refractivity contribution in [2.24, 2.45) is 0 Å². The van der Waals surface area contributed by atoms with Crippen LogP contribution in [0.5, 0.6) is 0 Å². The van der Waals surface area contributed by atoms with Crippen molar-refractivity contribution in [2.75, 3.05) is 0 Å². The molecule has 70 valence electrons. The van der Waals surface area contributed by atoms with Crippen LogP contribution in [0.1, 0.15) is 5.56 Å². The van der Waals surface area contributed by atoms with Gasteiger partial charge >= 0.3 is 0 Å². The lowest BCUT2D eigenvalue weighted by atomic mass is 9.98. The van der Waals surface area contributed by atoms with E-state index in [4.69, 9.17) is 22.1 Å². The van der Waals surface area contributed by atoms with Gasteiger partial charge in [0.2, 0.25) is 5.60 Å². The number of benzene rings is 1. The van der Waals surface area contributed by atoms with Crippen molar-refractivity contribution in [3.05, 3.63) is 34.9 Å². The molecule has 4 heteroatoms. The molecule has 0 unspecified atom stereocenters. The van der Waals surface area contributed by atoms with Crippen molar-refractivity contribution in [3.8, 4) is 12.1 Å². The van der Waals surface area contributed by atoms with Crippen molar-refractivity contribution in [1.29, 1.82) is 10.5 Å². The molecule has 0 saturated heterocycles. The summed E-state index contributed by atoms with van der Waals surface area (Å²) in [5.41, 5.74) is -1.26. The van der Waals surface area contributed by atoms with Crippen LogP contribution in [0.2, 0.25) is 5.02 Å². The molecule has 1 aromatic rings. The largest absolute Gasteiger partial charge is 0.364 e. The summed E-state index contributed by atoms with van der Waals surface area (Å²) in [6.45, 7) is 0. The maximum Gasteiger partial charge on any atom is 0.242 e. The van der Waals surface area contributed by atoms with Gasteiger partial charge in [-0.2, -0.15) is 10.5 Å². The quantitative estimate of drug-likeness (QED) is 0.749. The summed E-state index contributed by atoms with van der Waals surface area (Å²) in [5, 5.41) is 27.1. The van der Waals surface area contributed by atoms with Gasteiger partial charge in [-0.3, -0.25) is 0 Å². The third-order valence-electron chi connectivity index (χ3n) is 1.74. The highest BCUT2D eigenvalue weighted by Gasteiger charge is 2.26. The molecule has 0 aliphatic rings. The third-order valence-corrected chi connectivity index (χ3v) is 2.00. The van der Waals surface area contributed by atoms with E-state index in [0.717, 1.165) is 0 Å². The van der Waals surface area contributed by atoms with E-state index in [-0.39, 0.29) is 6.42 Å². The number of rotatable bonds is 2. The van der Waals surface area contributed by atoms with E-state index in [1.54, 1.807) is 36.4 Å². The first-order valence-corrected chi connectivity index (χ1v) is 4.27. The fraction of sp³-hybridized carbons (Fsp3) is 0.200. The lowest BCUT2D eigenvalue weighted by Crippen LogP contribution is -2.26. The average Bonchev–Trinajstić information content (AvgIpc) is 2.21. The fourth-order valence-corrected chi connectivity index (χ4v) is 1.13. The molecule has 1 N–H and O–H groups in total. The zero-order chi connectivity index (χ0) is 10.6. The van der Waals surface area contributed by atoms with Crippen molar-refractivity contribution in [1.82, 2.24) is 0 Å². The molecular formula is C10H7ClN2O. The number of halogens is 1. The highest BCUT2D eigenvalue weighted by Crippen LogP contribution is 2.15. The average molecular weight is 207 g/mol. The molecule has 14 heavy (non-hydrogen) atoms. The van der Waals surface area contributed by atoms with Crippen molar-refractivity contribution in [3.63, 3.8) is 0 Å². The molecule has 0 aromatic heterocycles. The molecule has 0 aliphatic carbocycles. The number of nitriles is 2. The normalized spacial score (nSPS) is 10.3. The van der Waals surface area contributed by atoms with Gasteiger partial charge in [0.1, 0.15) is 12.1 Å². The minimum atomic E-state index is -1.95. The van der Waals surface area contributed by atoms with E-state index in [1.807, 2.05) is 0 Å². The highest BCUT2D eigenvalue weighted by atomic mass is 35.5. The fourth-order valence-electron chi connectivity index (χ4n) is 1.00. The summed E-state index contributed by atoms with van der Waals surface area (Å²) < 4.78 is 0. The summed E-state index contributed by atoms with van der Waals surface area (Å²) >= 11 is 5.66. The van der Waals surface area contributed by atoms with Crippen LogP contribution in [0, 0.1) is 22.7 Å². The second-order valence-electron chi connectivity index (χ2n) is 2.89. The summed E-state index contributed by atoms with van der Waals surface area (Å²) in [4.78, 5) is 0. The van der Waals surface area contributed by atoms with Gasteiger partial charge in [0, 0.05) is 11.4 Å².